The Balaban J connectivity index is 2.01. The van der Waals surface area contributed by atoms with Gasteiger partial charge in [0.2, 0.25) is 5.91 Å². The molecule has 1 heterocycles. The highest BCUT2D eigenvalue weighted by Gasteiger charge is 2.02. The molecule has 0 fully saturated rings. The first-order valence-corrected chi connectivity index (χ1v) is 6.58. The number of nitrogens with zero attached hydrogens (tertiary/aromatic N) is 1. The van der Waals surface area contributed by atoms with Gasteiger partial charge in [-0.05, 0) is 49.2 Å². The van der Waals surface area contributed by atoms with Gasteiger partial charge in [0.05, 0.1) is 12.2 Å². The van der Waals surface area contributed by atoms with Crippen molar-refractivity contribution in [2.45, 2.75) is 27.3 Å². The summed E-state index contributed by atoms with van der Waals surface area (Å²) in [5, 5.41) is 6.13. The molecule has 0 aliphatic heterocycles. The van der Waals surface area contributed by atoms with Crippen molar-refractivity contribution in [2.75, 3.05) is 10.6 Å². The molecule has 0 bridgehead atoms. The third-order valence-corrected chi connectivity index (χ3v) is 2.98. The molecule has 0 spiro atoms. The standard InChI is InChI=1S/C16H19N3O/c1-11-4-5-15(17-9-11)10-18-14-6-7-16(12(2)8-14)19-13(3)20/h4-9,18H,10H2,1-3H3,(H,19,20). The summed E-state index contributed by atoms with van der Waals surface area (Å²) in [4.78, 5) is 15.4. The topological polar surface area (TPSA) is 54.0 Å². The van der Waals surface area contributed by atoms with Crippen molar-refractivity contribution in [3.05, 3.63) is 53.3 Å². The number of aryl methyl sites for hydroxylation is 2. The second-order valence-electron chi connectivity index (χ2n) is 4.89. The Hall–Kier alpha value is -2.36. The molecule has 0 unspecified atom stereocenters. The lowest BCUT2D eigenvalue weighted by molar-refractivity contribution is -0.114. The maximum Gasteiger partial charge on any atom is 0.221 e. The first-order valence-electron chi connectivity index (χ1n) is 6.58. The first kappa shape index (κ1) is 14.1. The largest absolute Gasteiger partial charge is 0.379 e. The Morgan fingerprint density at radius 2 is 2.00 bits per heavy atom. The van der Waals surface area contributed by atoms with E-state index in [0.717, 1.165) is 28.2 Å². The number of hydrogen-bond donors (Lipinski definition) is 2. The number of carbonyl (C=O) groups is 1. The number of rotatable bonds is 4. The van der Waals surface area contributed by atoms with Gasteiger partial charge in [0.1, 0.15) is 0 Å². The first-order chi connectivity index (χ1) is 9.54. The molecule has 2 aromatic rings. The van der Waals surface area contributed by atoms with E-state index in [2.05, 4.69) is 21.7 Å². The molecule has 0 aliphatic carbocycles. The van der Waals surface area contributed by atoms with Gasteiger partial charge in [0, 0.05) is 24.5 Å². The predicted octanol–water partition coefficient (Wildman–Crippen LogP) is 3.27. The van der Waals surface area contributed by atoms with Crippen LogP contribution in [0.15, 0.2) is 36.5 Å². The minimum atomic E-state index is -0.0577. The van der Waals surface area contributed by atoms with Crippen molar-refractivity contribution in [1.82, 2.24) is 4.98 Å². The van der Waals surface area contributed by atoms with E-state index in [4.69, 9.17) is 0 Å². The highest BCUT2D eigenvalue weighted by molar-refractivity contribution is 5.89. The summed E-state index contributed by atoms with van der Waals surface area (Å²) < 4.78 is 0. The zero-order valence-corrected chi connectivity index (χ0v) is 12.0. The Bertz CT molecular complexity index is 606. The molecule has 0 atom stereocenters. The fourth-order valence-corrected chi connectivity index (χ4v) is 1.90. The summed E-state index contributed by atoms with van der Waals surface area (Å²) in [7, 11) is 0. The summed E-state index contributed by atoms with van der Waals surface area (Å²) in [6.45, 7) is 6.18. The van der Waals surface area contributed by atoms with Gasteiger partial charge in [-0.1, -0.05) is 6.07 Å². The van der Waals surface area contributed by atoms with Crippen LogP contribution >= 0.6 is 0 Å². The zero-order chi connectivity index (χ0) is 14.5. The number of anilines is 2. The Kier molecular flexibility index (Phi) is 4.35. The Morgan fingerprint density at radius 3 is 2.60 bits per heavy atom. The number of pyridine rings is 1. The number of amides is 1. The van der Waals surface area contributed by atoms with Crippen LogP contribution in [0.1, 0.15) is 23.7 Å². The molecule has 0 radical (unpaired) electrons. The summed E-state index contributed by atoms with van der Waals surface area (Å²) >= 11 is 0. The average Bonchev–Trinajstić information content (AvgIpc) is 2.40. The molecule has 2 N–H and O–H groups in total. The molecule has 1 aromatic carbocycles. The molecule has 0 aliphatic rings. The van der Waals surface area contributed by atoms with Crippen molar-refractivity contribution >= 4 is 17.3 Å². The van der Waals surface area contributed by atoms with Gasteiger partial charge in [-0.15, -0.1) is 0 Å². The molecule has 4 nitrogen and oxygen atoms in total. The quantitative estimate of drug-likeness (QED) is 0.895. The van der Waals surface area contributed by atoms with Crippen LogP contribution in [0.4, 0.5) is 11.4 Å². The molecule has 104 valence electrons. The second kappa shape index (κ2) is 6.19. The van der Waals surface area contributed by atoms with Crippen LogP contribution in [0, 0.1) is 13.8 Å². The van der Waals surface area contributed by atoms with Crippen LogP contribution in [0.25, 0.3) is 0 Å². The predicted molar refractivity (Wildman–Crippen MR) is 81.8 cm³/mol. The monoisotopic (exact) mass is 269 g/mol. The SMILES string of the molecule is CC(=O)Nc1ccc(NCc2ccc(C)cn2)cc1C. The maximum absolute atomic E-state index is 11.1. The zero-order valence-electron chi connectivity index (χ0n) is 12.0. The fraction of sp³-hybridized carbons (Fsp3) is 0.250. The lowest BCUT2D eigenvalue weighted by Crippen LogP contribution is -2.07. The van der Waals surface area contributed by atoms with E-state index < -0.39 is 0 Å². The van der Waals surface area contributed by atoms with Gasteiger partial charge in [0.15, 0.2) is 0 Å². The summed E-state index contributed by atoms with van der Waals surface area (Å²) in [6.07, 6.45) is 1.86. The number of nitrogens with one attached hydrogen (secondary N) is 2. The Morgan fingerprint density at radius 1 is 1.20 bits per heavy atom. The van der Waals surface area contributed by atoms with E-state index in [-0.39, 0.29) is 5.91 Å². The third kappa shape index (κ3) is 3.82. The highest BCUT2D eigenvalue weighted by atomic mass is 16.1. The van der Waals surface area contributed by atoms with E-state index in [9.17, 15) is 4.79 Å². The molecule has 4 heteroatoms. The van der Waals surface area contributed by atoms with E-state index in [1.165, 1.54) is 6.92 Å². The van der Waals surface area contributed by atoms with Crippen molar-refractivity contribution in [1.29, 1.82) is 0 Å². The van der Waals surface area contributed by atoms with Crippen molar-refractivity contribution in [3.8, 4) is 0 Å². The van der Waals surface area contributed by atoms with E-state index in [1.54, 1.807) is 0 Å². The molecular weight excluding hydrogens is 250 g/mol. The summed E-state index contributed by atoms with van der Waals surface area (Å²) in [5.74, 6) is -0.0577. The molecular formula is C16H19N3O. The summed E-state index contributed by atoms with van der Waals surface area (Å²) in [6, 6.07) is 9.93. The van der Waals surface area contributed by atoms with E-state index in [0.29, 0.717) is 6.54 Å². The van der Waals surface area contributed by atoms with Gasteiger partial charge in [0.25, 0.3) is 0 Å². The molecule has 0 saturated carbocycles. The third-order valence-electron chi connectivity index (χ3n) is 2.98. The Labute approximate surface area is 119 Å². The average molecular weight is 269 g/mol. The minimum Gasteiger partial charge on any atom is -0.379 e. The van der Waals surface area contributed by atoms with E-state index >= 15 is 0 Å². The molecule has 2 rings (SSSR count). The fourth-order valence-electron chi connectivity index (χ4n) is 1.90. The van der Waals surface area contributed by atoms with Crippen molar-refractivity contribution < 1.29 is 4.79 Å². The summed E-state index contributed by atoms with van der Waals surface area (Å²) in [5.41, 5.74) is 5.04. The van der Waals surface area contributed by atoms with Crippen molar-refractivity contribution in [2.24, 2.45) is 0 Å². The number of carbonyl (C=O) groups excluding carboxylic acids is 1. The minimum absolute atomic E-state index is 0.0577. The van der Waals surface area contributed by atoms with Crippen LogP contribution in [0.5, 0.6) is 0 Å². The van der Waals surface area contributed by atoms with Crippen LogP contribution in [-0.4, -0.2) is 10.9 Å². The maximum atomic E-state index is 11.1. The number of aromatic nitrogens is 1. The van der Waals surface area contributed by atoms with Crippen LogP contribution in [-0.2, 0) is 11.3 Å². The molecule has 0 saturated heterocycles. The van der Waals surface area contributed by atoms with Gasteiger partial charge < -0.3 is 10.6 Å². The van der Waals surface area contributed by atoms with Crippen LogP contribution in [0.3, 0.4) is 0 Å². The van der Waals surface area contributed by atoms with Crippen LogP contribution in [0.2, 0.25) is 0 Å². The van der Waals surface area contributed by atoms with Crippen LogP contribution < -0.4 is 10.6 Å². The number of benzene rings is 1. The molecule has 20 heavy (non-hydrogen) atoms. The van der Waals surface area contributed by atoms with E-state index in [1.807, 2.05) is 44.3 Å². The highest BCUT2D eigenvalue weighted by Crippen LogP contribution is 2.20. The van der Waals surface area contributed by atoms with Crippen molar-refractivity contribution in [3.63, 3.8) is 0 Å². The van der Waals surface area contributed by atoms with Gasteiger partial charge in [-0.25, -0.2) is 0 Å². The second-order valence-corrected chi connectivity index (χ2v) is 4.89. The lowest BCUT2D eigenvalue weighted by Gasteiger charge is -2.10. The lowest BCUT2D eigenvalue weighted by atomic mass is 10.1. The van der Waals surface area contributed by atoms with Gasteiger partial charge in [-0.2, -0.15) is 0 Å². The number of hydrogen-bond acceptors (Lipinski definition) is 3. The molecule has 1 aromatic heterocycles. The molecule has 1 amide bonds. The van der Waals surface area contributed by atoms with Gasteiger partial charge in [-0.3, -0.25) is 9.78 Å². The van der Waals surface area contributed by atoms with Gasteiger partial charge >= 0.3 is 0 Å². The smallest absolute Gasteiger partial charge is 0.221 e. The normalized spacial score (nSPS) is 10.2.